The third-order valence-corrected chi connectivity index (χ3v) is 1.86. The Morgan fingerprint density at radius 1 is 1.29 bits per heavy atom. The van der Waals surface area contributed by atoms with Crippen LogP contribution in [0.25, 0.3) is 0 Å². The van der Waals surface area contributed by atoms with Gasteiger partial charge in [0.2, 0.25) is 0 Å². The Labute approximate surface area is 79.8 Å². The van der Waals surface area contributed by atoms with Gasteiger partial charge in [-0.05, 0) is 30.2 Å². The molecule has 0 fully saturated rings. The Bertz CT molecular complexity index is 374. The fourth-order valence-corrected chi connectivity index (χ4v) is 1.12. The quantitative estimate of drug-likeness (QED) is 0.681. The molecule has 1 aromatic rings. The van der Waals surface area contributed by atoms with E-state index in [1.54, 1.807) is 13.0 Å². The van der Waals surface area contributed by atoms with E-state index >= 15 is 0 Å². The molecule has 74 valence electrons. The van der Waals surface area contributed by atoms with Crippen molar-refractivity contribution in [2.24, 2.45) is 0 Å². The number of benzene rings is 1. The maximum Gasteiger partial charge on any atom is 0.416 e. The summed E-state index contributed by atoms with van der Waals surface area (Å²) in [6, 6.07) is 5.11. The van der Waals surface area contributed by atoms with Crippen molar-refractivity contribution in [2.75, 3.05) is 0 Å². The molecule has 0 unspecified atom stereocenters. The molecule has 0 amide bonds. The minimum atomic E-state index is -4.38. The van der Waals surface area contributed by atoms with Crippen molar-refractivity contribution in [1.82, 2.24) is 0 Å². The van der Waals surface area contributed by atoms with E-state index in [0.29, 0.717) is 12.0 Å². The third kappa shape index (κ3) is 2.25. The van der Waals surface area contributed by atoms with E-state index in [1.807, 2.05) is 0 Å². The number of rotatable bonds is 1. The molecule has 0 saturated carbocycles. The molecule has 0 atom stereocenters. The summed E-state index contributed by atoms with van der Waals surface area (Å²) in [5, 5.41) is 8.53. The van der Waals surface area contributed by atoms with Crippen LogP contribution in [0, 0.1) is 11.3 Å². The minimum Gasteiger partial charge on any atom is -0.192 e. The van der Waals surface area contributed by atoms with Gasteiger partial charge in [0.25, 0.3) is 0 Å². The van der Waals surface area contributed by atoms with Crippen LogP contribution in [0.3, 0.4) is 0 Å². The van der Waals surface area contributed by atoms with E-state index in [-0.39, 0.29) is 5.56 Å². The minimum absolute atomic E-state index is 0.0525. The van der Waals surface area contributed by atoms with Crippen LogP contribution >= 0.6 is 0 Å². The number of hydrogen-bond donors (Lipinski definition) is 0. The van der Waals surface area contributed by atoms with Crippen LogP contribution in [0.4, 0.5) is 13.2 Å². The smallest absolute Gasteiger partial charge is 0.192 e. The molecule has 0 N–H and O–H groups in total. The van der Waals surface area contributed by atoms with Crippen molar-refractivity contribution >= 4 is 0 Å². The summed E-state index contributed by atoms with van der Waals surface area (Å²) in [6.45, 7) is 1.75. The van der Waals surface area contributed by atoms with E-state index in [1.165, 1.54) is 6.07 Å². The number of halogens is 3. The second-order valence-corrected chi connectivity index (χ2v) is 2.88. The molecule has 1 nitrogen and oxygen atoms in total. The molecule has 0 spiro atoms. The molecule has 0 saturated heterocycles. The first kappa shape index (κ1) is 10.6. The maximum absolute atomic E-state index is 12.3. The Morgan fingerprint density at radius 2 is 1.93 bits per heavy atom. The van der Waals surface area contributed by atoms with Gasteiger partial charge >= 0.3 is 6.18 Å². The van der Waals surface area contributed by atoms with E-state index < -0.39 is 11.7 Å². The van der Waals surface area contributed by atoms with E-state index in [2.05, 4.69) is 0 Å². The summed E-state index contributed by atoms with van der Waals surface area (Å²) in [4.78, 5) is 0. The molecule has 1 rings (SSSR count). The number of alkyl halides is 3. The molecule has 14 heavy (non-hydrogen) atoms. The van der Waals surface area contributed by atoms with Crippen LogP contribution in [0.5, 0.6) is 0 Å². The second-order valence-electron chi connectivity index (χ2n) is 2.88. The summed E-state index contributed by atoms with van der Waals surface area (Å²) in [6.07, 6.45) is -3.89. The normalized spacial score (nSPS) is 11.1. The van der Waals surface area contributed by atoms with Crippen molar-refractivity contribution in [1.29, 1.82) is 5.26 Å². The predicted octanol–water partition coefficient (Wildman–Crippen LogP) is 3.14. The fourth-order valence-electron chi connectivity index (χ4n) is 1.12. The summed E-state index contributed by atoms with van der Waals surface area (Å²) < 4.78 is 36.9. The molecule has 0 bridgehead atoms. The van der Waals surface area contributed by atoms with Crippen molar-refractivity contribution in [2.45, 2.75) is 19.5 Å². The van der Waals surface area contributed by atoms with Gasteiger partial charge in [-0.25, -0.2) is 0 Å². The summed E-state index contributed by atoms with van der Waals surface area (Å²) in [7, 11) is 0. The molecular formula is C10H8F3N. The van der Waals surface area contributed by atoms with Crippen LogP contribution in [-0.2, 0) is 12.6 Å². The van der Waals surface area contributed by atoms with E-state index in [9.17, 15) is 13.2 Å². The first-order valence-corrected chi connectivity index (χ1v) is 4.08. The highest BCUT2D eigenvalue weighted by atomic mass is 19.4. The first-order valence-electron chi connectivity index (χ1n) is 4.08. The fraction of sp³-hybridized carbons (Fsp3) is 0.300. The first-order chi connectivity index (χ1) is 6.47. The summed E-state index contributed by atoms with van der Waals surface area (Å²) >= 11 is 0. The van der Waals surface area contributed by atoms with Crippen molar-refractivity contribution in [3.63, 3.8) is 0 Å². The van der Waals surface area contributed by atoms with Gasteiger partial charge in [-0.3, -0.25) is 0 Å². The molecule has 0 aliphatic carbocycles. The van der Waals surface area contributed by atoms with Gasteiger partial charge in [-0.15, -0.1) is 0 Å². The van der Waals surface area contributed by atoms with Crippen LogP contribution < -0.4 is 0 Å². The maximum atomic E-state index is 12.3. The molecule has 0 aliphatic rings. The monoisotopic (exact) mass is 199 g/mol. The zero-order valence-electron chi connectivity index (χ0n) is 7.52. The molecule has 4 heteroatoms. The molecule has 0 aromatic heterocycles. The zero-order valence-corrected chi connectivity index (χ0v) is 7.52. The van der Waals surface area contributed by atoms with E-state index in [0.717, 1.165) is 12.1 Å². The Balaban J connectivity index is 3.26. The average Bonchev–Trinajstić information content (AvgIpc) is 2.15. The van der Waals surface area contributed by atoms with Gasteiger partial charge in [-0.2, -0.15) is 18.4 Å². The SMILES string of the molecule is CCc1cc(C#N)cc(C(F)(F)F)c1. The predicted molar refractivity (Wildman–Crippen MR) is 45.5 cm³/mol. The molecule has 0 aliphatic heterocycles. The van der Waals surface area contributed by atoms with Gasteiger partial charge in [0.15, 0.2) is 0 Å². The second kappa shape index (κ2) is 3.70. The molecular weight excluding hydrogens is 191 g/mol. The van der Waals surface area contributed by atoms with Gasteiger partial charge in [-0.1, -0.05) is 6.92 Å². The van der Waals surface area contributed by atoms with Crippen LogP contribution in [0.1, 0.15) is 23.6 Å². The largest absolute Gasteiger partial charge is 0.416 e. The lowest BCUT2D eigenvalue weighted by molar-refractivity contribution is -0.137. The molecule has 0 radical (unpaired) electrons. The number of nitrogens with zero attached hydrogens (tertiary/aromatic N) is 1. The lowest BCUT2D eigenvalue weighted by Gasteiger charge is -2.08. The number of aryl methyl sites for hydroxylation is 1. The zero-order chi connectivity index (χ0) is 10.8. The van der Waals surface area contributed by atoms with Gasteiger partial charge in [0.1, 0.15) is 0 Å². The molecule has 1 aromatic carbocycles. The highest BCUT2D eigenvalue weighted by Gasteiger charge is 2.30. The topological polar surface area (TPSA) is 23.8 Å². The van der Waals surface area contributed by atoms with E-state index in [4.69, 9.17) is 5.26 Å². The van der Waals surface area contributed by atoms with Gasteiger partial charge < -0.3 is 0 Å². The summed E-state index contributed by atoms with van der Waals surface area (Å²) in [5.41, 5.74) is -0.179. The Kier molecular flexibility index (Phi) is 2.80. The van der Waals surface area contributed by atoms with Gasteiger partial charge in [0, 0.05) is 0 Å². The van der Waals surface area contributed by atoms with Crippen molar-refractivity contribution in [3.05, 3.63) is 34.9 Å². The van der Waals surface area contributed by atoms with Crippen molar-refractivity contribution < 1.29 is 13.2 Å². The molecule has 0 heterocycles. The summed E-state index contributed by atoms with van der Waals surface area (Å²) in [5.74, 6) is 0. The van der Waals surface area contributed by atoms with Crippen LogP contribution in [0.15, 0.2) is 18.2 Å². The number of hydrogen-bond acceptors (Lipinski definition) is 1. The van der Waals surface area contributed by atoms with Gasteiger partial charge in [0.05, 0.1) is 17.2 Å². The Hall–Kier alpha value is -1.50. The highest BCUT2D eigenvalue weighted by molar-refractivity contribution is 5.38. The van der Waals surface area contributed by atoms with Crippen molar-refractivity contribution in [3.8, 4) is 6.07 Å². The van der Waals surface area contributed by atoms with Crippen LogP contribution in [-0.4, -0.2) is 0 Å². The van der Waals surface area contributed by atoms with Crippen LogP contribution in [0.2, 0.25) is 0 Å². The lowest BCUT2D eigenvalue weighted by atomic mass is 10.0. The standard InChI is InChI=1S/C10H8F3N/c1-2-7-3-8(6-14)5-9(4-7)10(11,12)13/h3-5H,2H2,1H3. The number of nitriles is 1. The lowest BCUT2D eigenvalue weighted by Crippen LogP contribution is -2.06. The average molecular weight is 199 g/mol. The Morgan fingerprint density at radius 3 is 2.36 bits per heavy atom. The third-order valence-electron chi connectivity index (χ3n) is 1.86. The highest BCUT2D eigenvalue weighted by Crippen LogP contribution is 2.30.